The molecule has 2 aromatic heterocycles. The lowest BCUT2D eigenvalue weighted by atomic mass is 9.92. The van der Waals surface area contributed by atoms with Crippen LogP contribution in [0.15, 0.2) is 58.3 Å². The summed E-state index contributed by atoms with van der Waals surface area (Å²) in [6.07, 6.45) is 3.18. The van der Waals surface area contributed by atoms with Gasteiger partial charge < -0.3 is 14.5 Å². The molecule has 0 saturated carbocycles. The monoisotopic (exact) mass is 432 g/mol. The normalized spacial score (nSPS) is 15.5. The molecule has 0 radical (unpaired) electrons. The summed E-state index contributed by atoms with van der Waals surface area (Å²) in [5, 5.41) is 0. The minimum atomic E-state index is -0.264. The predicted molar refractivity (Wildman–Crippen MR) is 123 cm³/mol. The van der Waals surface area contributed by atoms with Crippen molar-refractivity contribution < 1.29 is 4.79 Å². The van der Waals surface area contributed by atoms with Crippen LogP contribution >= 0.6 is 0 Å². The Morgan fingerprint density at radius 3 is 2.44 bits per heavy atom. The molecule has 3 aromatic rings. The van der Waals surface area contributed by atoms with Crippen LogP contribution in [0, 0.1) is 13.8 Å². The third kappa shape index (κ3) is 4.28. The van der Waals surface area contributed by atoms with Gasteiger partial charge in [0, 0.05) is 31.3 Å². The number of aryl methyl sites for hydroxylation is 2. The van der Waals surface area contributed by atoms with E-state index >= 15 is 0 Å². The van der Waals surface area contributed by atoms with E-state index < -0.39 is 0 Å². The van der Waals surface area contributed by atoms with Gasteiger partial charge in [-0.3, -0.25) is 14.4 Å². The second-order valence-electron chi connectivity index (χ2n) is 8.49. The first-order chi connectivity index (χ1) is 15.3. The van der Waals surface area contributed by atoms with Gasteiger partial charge in [-0.05, 0) is 50.8 Å². The summed E-state index contributed by atoms with van der Waals surface area (Å²) >= 11 is 0. The highest BCUT2D eigenvalue weighted by Gasteiger charge is 2.28. The van der Waals surface area contributed by atoms with Crippen LogP contribution in [0.4, 0.5) is 0 Å². The van der Waals surface area contributed by atoms with Gasteiger partial charge in [0.15, 0.2) is 0 Å². The van der Waals surface area contributed by atoms with Crippen molar-refractivity contribution in [1.29, 1.82) is 0 Å². The molecule has 1 unspecified atom stereocenters. The summed E-state index contributed by atoms with van der Waals surface area (Å²) in [7, 11) is 0. The number of carbonyl (C=O) groups is 1. The summed E-state index contributed by atoms with van der Waals surface area (Å²) in [6, 6.07) is 13.0. The van der Waals surface area contributed by atoms with Gasteiger partial charge in [-0.15, -0.1) is 0 Å². The minimum absolute atomic E-state index is 0.131. The molecule has 166 valence electrons. The van der Waals surface area contributed by atoms with Crippen LogP contribution in [0.5, 0.6) is 0 Å². The van der Waals surface area contributed by atoms with Gasteiger partial charge in [-0.2, -0.15) is 0 Å². The van der Waals surface area contributed by atoms with Crippen LogP contribution in [0.1, 0.15) is 64.7 Å². The van der Waals surface area contributed by atoms with E-state index in [1.54, 1.807) is 28.7 Å². The lowest BCUT2D eigenvalue weighted by Gasteiger charge is -2.32. The molecule has 3 heterocycles. The Kier molecular flexibility index (Phi) is 6.08. The van der Waals surface area contributed by atoms with Crippen LogP contribution in [-0.2, 0) is 0 Å². The van der Waals surface area contributed by atoms with Crippen LogP contribution in [-0.4, -0.2) is 38.4 Å². The number of aromatic amines is 1. The Labute approximate surface area is 186 Å². The molecule has 1 saturated heterocycles. The number of hydrogen-bond acceptors (Lipinski definition) is 4. The first kappa shape index (κ1) is 21.7. The summed E-state index contributed by atoms with van der Waals surface area (Å²) in [6.45, 7) is 6.59. The van der Waals surface area contributed by atoms with Crippen LogP contribution in [0.3, 0.4) is 0 Å². The van der Waals surface area contributed by atoms with E-state index in [0.717, 1.165) is 11.3 Å². The number of rotatable bonds is 4. The zero-order chi connectivity index (χ0) is 22.8. The maximum Gasteiger partial charge on any atom is 0.264 e. The minimum Gasteiger partial charge on any atom is -0.338 e. The second-order valence-corrected chi connectivity index (χ2v) is 8.49. The Morgan fingerprint density at radius 1 is 1.09 bits per heavy atom. The van der Waals surface area contributed by atoms with Crippen LogP contribution in [0.2, 0.25) is 0 Å². The molecule has 1 aromatic carbocycles. The van der Waals surface area contributed by atoms with E-state index in [9.17, 15) is 14.4 Å². The molecule has 0 bridgehead atoms. The summed E-state index contributed by atoms with van der Waals surface area (Å²) in [5.74, 6) is 0.501. The largest absolute Gasteiger partial charge is 0.338 e. The van der Waals surface area contributed by atoms with Crippen molar-refractivity contribution in [2.24, 2.45) is 0 Å². The van der Waals surface area contributed by atoms with E-state index in [-0.39, 0.29) is 34.5 Å². The third-order valence-electron chi connectivity index (χ3n) is 6.32. The number of carbonyl (C=O) groups excluding carboxylic acids is 1. The lowest BCUT2D eigenvalue weighted by Crippen LogP contribution is -2.42. The number of aromatic nitrogens is 3. The van der Waals surface area contributed by atoms with Crippen molar-refractivity contribution in [3.05, 3.63) is 97.6 Å². The first-order valence-electron chi connectivity index (χ1n) is 11.0. The number of hydrogen-bond donors (Lipinski definition) is 1. The Balaban J connectivity index is 1.55. The highest BCUT2D eigenvalue weighted by atomic mass is 16.2. The molecule has 1 aliphatic rings. The molecule has 4 rings (SSSR count). The van der Waals surface area contributed by atoms with Gasteiger partial charge in [0.2, 0.25) is 0 Å². The molecule has 1 N–H and O–H groups in total. The molecular formula is C25H28N4O3. The highest BCUT2D eigenvalue weighted by molar-refractivity contribution is 5.95. The number of benzene rings is 1. The SMILES string of the molecule is Cc1nc(C2CCN(C(=O)c3c(C)ccn(C(C)c4ccccc4)c3=O)CC2)cc(=O)[nH]1. The van der Waals surface area contributed by atoms with Crippen molar-refractivity contribution in [1.82, 2.24) is 19.4 Å². The van der Waals surface area contributed by atoms with Crippen molar-refractivity contribution in [3.8, 4) is 0 Å². The molecule has 32 heavy (non-hydrogen) atoms. The van der Waals surface area contributed by atoms with Crippen LogP contribution in [0.25, 0.3) is 0 Å². The zero-order valence-corrected chi connectivity index (χ0v) is 18.7. The van der Waals surface area contributed by atoms with E-state index in [2.05, 4.69) is 9.97 Å². The number of nitrogens with one attached hydrogen (secondary N) is 1. The van der Waals surface area contributed by atoms with Gasteiger partial charge >= 0.3 is 0 Å². The fourth-order valence-corrected chi connectivity index (χ4v) is 4.45. The van der Waals surface area contributed by atoms with Gasteiger partial charge in [0.25, 0.3) is 17.0 Å². The Hall–Kier alpha value is -3.48. The molecule has 1 fully saturated rings. The zero-order valence-electron chi connectivity index (χ0n) is 18.7. The van der Waals surface area contributed by atoms with Gasteiger partial charge in [0.1, 0.15) is 11.4 Å². The van der Waals surface area contributed by atoms with Crippen molar-refractivity contribution in [2.45, 2.75) is 45.6 Å². The number of amides is 1. The molecule has 0 aliphatic carbocycles. The van der Waals surface area contributed by atoms with E-state index in [0.29, 0.717) is 37.3 Å². The molecular weight excluding hydrogens is 404 g/mol. The van der Waals surface area contributed by atoms with E-state index in [4.69, 9.17) is 0 Å². The smallest absolute Gasteiger partial charge is 0.264 e. The van der Waals surface area contributed by atoms with Crippen LogP contribution < -0.4 is 11.1 Å². The molecule has 7 heteroatoms. The number of piperidine rings is 1. The molecule has 1 atom stereocenters. The second kappa shape index (κ2) is 8.94. The summed E-state index contributed by atoms with van der Waals surface area (Å²) in [4.78, 5) is 47.3. The number of nitrogens with zero attached hydrogens (tertiary/aromatic N) is 3. The average Bonchev–Trinajstić information content (AvgIpc) is 2.79. The maximum absolute atomic E-state index is 13.3. The topological polar surface area (TPSA) is 88.1 Å². The highest BCUT2D eigenvalue weighted by Crippen LogP contribution is 2.27. The average molecular weight is 433 g/mol. The standard InChI is InChI=1S/C25H28N4O3/c1-16-9-14-29(17(2)19-7-5-4-6-8-19)25(32)23(16)24(31)28-12-10-20(11-13-28)21-15-22(30)27-18(3)26-21/h4-9,14-15,17,20H,10-13H2,1-3H3,(H,26,27,30). The van der Waals surface area contributed by atoms with Crippen molar-refractivity contribution >= 4 is 5.91 Å². The predicted octanol–water partition coefficient (Wildman–Crippen LogP) is 3.18. The number of H-pyrrole nitrogens is 1. The molecule has 1 aliphatic heterocycles. The number of likely N-dealkylation sites (tertiary alicyclic amines) is 1. The molecule has 0 spiro atoms. The van der Waals surface area contributed by atoms with Gasteiger partial charge in [-0.25, -0.2) is 4.98 Å². The Morgan fingerprint density at radius 2 is 1.78 bits per heavy atom. The Bertz CT molecular complexity index is 1240. The van der Waals surface area contributed by atoms with Gasteiger partial charge in [-0.1, -0.05) is 30.3 Å². The fourth-order valence-electron chi connectivity index (χ4n) is 4.45. The lowest BCUT2D eigenvalue weighted by molar-refractivity contribution is 0.0708. The molecule has 1 amide bonds. The fraction of sp³-hybridized carbons (Fsp3) is 0.360. The van der Waals surface area contributed by atoms with Crippen molar-refractivity contribution in [3.63, 3.8) is 0 Å². The number of pyridine rings is 1. The summed E-state index contributed by atoms with van der Waals surface area (Å²) < 4.78 is 1.63. The molecule has 7 nitrogen and oxygen atoms in total. The first-order valence-corrected chi connectivity index (χ1v) is 11.0. The van der Waals surface area contributed by atoms with Gasteiger partial charge in [0.05, 0.1) is 11.7 Å². The third-order valence-corrected chi connectivity index (χ3v) is 6.32. The van der Waals surface area contributed by atoms with E-state index in [1.807, 2.05) is 50.2 Å². The quantitative estimate of drug-likeness (QED) is 0.686. The van der Waals surface area contributed by atoms with E-state index in [1.165, 1.54) is 0 Å². The van der Waals surface area contributed by atoms with Crippen molar-refractivity contribution in [2.75, 3.05) is 13.1 Å². The maximum atomic E-state index is 13.3. The summed E-state index contributed by atoms with van der Waals surface area (Å²) in [5.41, 5.74) is 2.29.